The van der Waals surface area contributed by atoms with E-state index in [0.29, 0.717) is 15.7 Å². The highest BCUT2D eigenvalue weighted by Gasteiger charge is 2.24. The molecule has 0 atom stereocenters. The smallest absolute Gasteiger partial charge is 0.265 e. The molecule has 0 saturated carbocycles. The van der Waals surface area contributed by atoms with Gasteiger partial charge >= 0.3 is 0 Å². The van der Waals surface area contributed by atoms with Crippen molar-refractivity contribution in [1.82, 2.24) is 4.98 Å². The van der Waals surface area contributed by atoms with Crippen molar-refractivity contribution >= 4 is 48.8 Å². The largest absolute Gasteiger partial charge is 0.389 e. The van der Waals surface area contributed by atoms with Crippen LogP contribution in [0, 0.1) is 0 Å². The highest BCUT2D eigenvalue weighted by Crippen LogP contribution is 2.26. The maximum atomic E-state index is 12.6. The lowest BCUT2D eigenvalue weighted by Gasteiger charge is -2.21. The molecule has 21 heavy (non-hydrogen) atoms. The Morgan fingerprint density at radius 3 is 2.62 bits per heavy atom. The Kier molecular flexibility index (Phi) is 4.60. The van der Waals surface area contributed by atoms with Gasteiger partial charge in [-0.1, -0.05) is 24.4 Å². The minimum absolute atomic E-state index is 0.0807. The number of hydrogen-bond donors (Lipinski definition) is 1. The number of sulfonamides is 1. The zero-order chi connectivity index (χ0) is 15.6. The third-order valence-corrected chi connectivity index (χ3v) is 5.24. The molecule has 0 aliphatic carbocycles. The van der Waals surface area contributed by atoms with Crippen LogP contribution >= 0.6 is 28.1 Å². The van der Waals surface area contributed by atoms with Gasteiger partial charge in [0.05, 0.1) is 5.69 Å². The van der Waals surface area contributed by atoms with Crippen molar-refractivity contribution in [2.75, 3.05) is 11.4 Å². The molecule has 1 heterocycles. The van der Waals surface area contributed by atoms with Gasteiger partial charge in [0.2, 0.25) is 0 Å². The summed E-state index contributed by atoms with van der Waals surface area (Å²) in [5.74, 6) is 0. The van der Waals surface area contributed by atoms with Crippen LogP contribution in [0.1, 0.15) is 5.56 Å². The fourth-order valence-corrected chi connectivity index (χ4v) is 3.67. The van der Waals surface area contributed by atoms with Crippen LogP contribution in [-0.2, 0) is 10.0 Å². The molecule has 0 fully saturated rings. The maximum Gasteiger partial charge on any atom is 0.265 e. The number of nitrogens with two attached hydrogens (primary N) is 1. The second kappa shape index (κ2) is 6.08. The SMILES string of the molecule is CN(c1ccccc1C(N)=S)S(=O)(=O)c1cncc(Br)c1. The van der Waals surface area contributed by atoms with Gasteiger partial charge in [0.15, 0.2) is 0 Å². The Morgan fingerprint density at radius 1 is 1.33 bits per heavy atom. The van der Waals surface area contributed by atoms with Gasteiger partial charge < -0.3 is 5.73 Å². The number of para-hydroxylation sites is 1. The van der Waals surface area contributed by atoms with Gasteiger partial charge in [-0.25, -0.2) is 8.42 Å². The van der Waals surface area contributed by atoms with E-state index in [9.17, 15) is 8.42 Å². The molecule has 0 aliphatic heterocycles. The molecule has 110 valence electrons. The molecular formula is C13H12BrN3O2S2. The number of rotatable bonds is 4. The van der Waals surface area contributed by atoms with E-state index in [1.807, 2.05) is 0 Å². The van der Waals surface area contributed by atoms with Gasteiger partial charge in [0.1, 0.15) is 9.88 Å². The molecule has 0 amide bonds. The van der Waals surface area contributed by atoms with E-state index in [2.05, 4.69) is 20.9 Å². The van der Waals surface area contributed by atoms with Crippen LogP contribution in [0.4, 0.5) is 5.69 Å². The summed E-state index contributed by atoms with van der Waals surface area (Å²) in [6.07, 6.45) is 2.81. The van der Waals surface area contributed by atoms with Gasteiger partial charge in [-0.3, -0.25) is 9.29 Å². The van der Waals surface area contributed by atoms with E-state index in [1.165, 1.54) is 25.5 Å². The molecule has 2 aromatic rings. The quantitative estimate of drug-likeness (QED) is 0.817. The number of thiocarbonyl (C=S) groups is 1. The highest BCUT2D eigenvalue weighted by atomic mass is 79.9. The molecule has 0 saturated heterocycles. The Morgan fingerprint density at radius 2 is 2.00 bits per heavy atom. The molecular weight excluding hydrogens is 374 g/mol. The fraction of sp³-hybridized carbons (Fsp3) is 0.0769. The van der Waals surface area contributed by atoms with Crippen molar-refractivity contribution < 1.29 is 8.42 Å². The summed E-state index contributed by atoms with van der Waals surface area (Å²) in [5.41, 5.74) is 6.57. The Labute approximate surface area is 137 Å². The maximum absolute atomic E-state index is 12.6. The van der Waals surface area contributed by atoms with E-state index < -0.39 is 10.0 Å². The van der Waals surface area contributed by atoms with E-state index in [4.69, 9.17) is 18.0 Å². The summed E-state index contributed by atoms with van der Waals surface area (Å²) in [5, 5.41) is 0. The summed E-state index contributed by atoms with van der Waals surface area (Å²) < 4.78 is 27.0. The van der Waals surface area contributed by atoms with Crippen LogP contribution in [0.25, 0.3) is 0 Å². The molecule has 0 spiro atoms. The van der Waals surface area contributed by atoms with Gasteiger partial charge in [-0.15, -0.1) is 0 Å². The topological polar surface area (TPSA) is 76.3 Å². The number of pyridine rings is 1. The Bertz CT molecular complexity index is 794. The first-order valence-corrected chi connectivity index (χ1v) is 8.46. The second-order valence-corrected chi connectivity index (χ2v) is 7.52. The highest BCUT2D eigenvalue weighted by molar-refractivity contribution is 9.10. The van der Waals surface area contributed by atoms with Crippen molar-refractivity contribution in [3.8, 4) is 0 Å². The summed E-state index contributed by atoms with van der Waals surface area (Å²) in [6, 6.07) is 8.30. The molecule has 0 aliphatic rings. The molecule has 8 heteroatoms. The standard InChI is InChI=1S/C13H12BrN3O2S2/c1-17(12-5-3-2-4-11(12)13(15)20)21(18,19)10-6-9(14)7-16-8-10/h2-8H,1H3,(H2,15,20). The van der Waals surface area contributed by atoms with Crippen LogP contribution in [0.2, 0.25) is 0 Å². The Balaban J connectivity index is 2.54. The minimum Gasteiger partial charge on any atom is -0.389 e. The summed E-state index contributed by atoms with van der Waals surface area (Å²) >= 11 is 8.18. The summed E-state index contributed by atoms with van der Waals surface area (Å²) in [6.45, 7) is 0. The van der Waals surface area contributed by atoms with Crippen molar-refractivity contribution in [2.24, 2.45) is 5.73 Å². The van der Waals surface area contributed by atoms with Crippen LogP contribution in [0.5, 0.6) is 0 Å². The zero-order valence-electron chi connectivity index (χ0n) is 11.0. The predicted octanol–water partition coefficient (Wildman–Crippen LogP) is 2.30. The molecule has 2 rings (SSSR count). The number of hydrogen-bond acceptors (Lipinski definition) is 4. The third kappa shape index (κ3) is 3.22. The van der Waals surface area contributed by atoms with Gasteiger partial charge in [-0.2, -0.15) is 0 Å². The fourth-order valence-electron chi connectivity index (χ4n) is 1.78. The minimum atomic E-state index is -3.74. The lowest BCUT2D eigenvalue weighted by Crippen LogP contribution is -2.29. The number of halogens is 1. The molecule has 1 aromatic heterocycles. The van der Waals surface area contributed by atoms with Crippen molar-refractivity contribution in [2.45, 2.75) is 4.90 Å². The molecule has 2 N–H and O–H groups in total. The first-order chi connectivity index (χ1) is 9.84. The first-order valence-electron chi connectivity index (χ1n) is 5.82. The average Bonchev–Trinajstić information content (AvgIpc) is 2.46. The number of nitrogens with zero attached hydrogens (tertiary/aromatic N) is 2. The molecule has 5 nitrogen and oxygen atoms in total. The molecule has 0 radical (unpaired) electrons. The molecule has 0 bridgehead atoms. The second-order valence-electron chi connectivity index (χ2n) is 4.19. The molecule has 0 unspecified atom stereocenters. The first kappa shape index (κ1) is 15.9. The number of benzene rings is 1. The molecule has 1 aromatic carbocycles. The number of anilines is 1. The van der Waals surface area contributed by atoms with Crippen LogP contribution < -0.4 is 10.0 Å². The third-order valence-electron chi connectivity index (χ3n) is 2.85. The predicted molar refractivity (Wildman–Crippen MR) is 89.9 cm³/mol. The van der Waals surface area contributed by atoms with Crippen LogP contribution in [0.15, 0.2) is 52.1 Å². The van der Waals surface area contributed by atoms with Crippen molar-refractivity contribution in [3.05, 3.63) is 52.8 Å². The Hall–Kier alpha value is -1.51. The summed E-state index contributed by atoms with van der Waals surface area (Å²) in [7, 11) is -2.29. The summed E-state index contributed by atoms with van der Waals surface area (Å²) in [4.78, 5) is 4.10. The van der Waals surface area contributed by atoms with E-state index in [0.717, 1.165) is 4.31 Å². The lowest BCUT2D eigenvalue weighted by molar-refractivity contribution is 0.594. The van der Waals surface area contributed by atoms with Crippen molar-refractivity contribution in [3.63, 3.8) is 0 Å². The van der Waals surface area contributed by atoms with E-state index >= 15 is 0 Å². The zero-order valence-corrected chi connectivity index (χ0v) is 14.2. The lowest BCUT2D eigenvalue weighted by atomic mass is 10.2. The average molecular weight is 386 g/mol. The van der Waals surface area contributed by atoms with Gasteiger partial charge in [0.25, 0.3) is 10.0 Å². The van der Waals surface area contributed by atoms with E-state index in [1.54, 1.807) is 24.3 Å². The normalized spacial score (nSPS) is 11.1. The van der Waals surface area contributed by atoms with Gasteiger partial charge in [0, 0.05) is 29.5 Å². The van der Waals surface area contributed by atoms with Gasteiger partial charge in [-0.05, 0) is 34.1 Å². The number of aromatic nitrogens is 1. The van der Waals surface area contributed by atoms with Crippen LogP contribution in [-0.4, -0.2) is 25.4 Å². The van der Waals surface area contributed by atoms with Crippen molar-refractivity contribution in [1.29, 1.82) is 0 Å². The monoisotopic (exact) mass is 385 g/mol. The van der Waals surface area contributed by atoms with E-state index in [-0.39, 0.29) is 9.88 Å². The van der Waals surface area contributed by atoms with Crippen LogP contribution in [0.3, 0.4) is 0 Å².